The Morgan fingerprint density at radius 3 is 2.48 bits per heavy atom. The fourth-order valence-corrected chi connectivity index (χ4v) is 3.10. The second kappa shape index (κ2) is 8.13. The number of carboxylic acids is 1. The molecular weight excluding hydrogens is 378 g/mol. The topological polar surface area (TPSA) is 128 Å². The van der Waals surface area contributed by atoms with Crippen molar-refractivity contribution in [3.63, 3.8) is 0 Å². The van der Waals surface area contributed by atoms with E-state index in [1.54, 1.807) is 24.3 Å². The largest absolute Gasteiger partial charge is 0.480 e. The standard InChI is InChI=1S/C19H21N5O5/c1-22-16-15(17(26)23(2)19(22)29)24(11-20-16)9-8-14(25)21-13(18(27)28)10-12-6-4-3-5-7-12/h3-7,11,13H,8-10H2,1-2H3,(H,21,25)(H,27,28)/t13-/m1/s1. The summed E-state index contributed by atoms with van der Waals surface area (Å²) >= 11 is 0. The zero-order valence-electron chi connectivity index (χ0n) is 16.0. The van der Waals surface area contributed by atoms with E-state index in [1.165, 1.54) is 29.6 Å². The highest BCUT2D eigenvalue weighted by atomic mass is 16.4. The third kappa shape index (κ3) is 4.10. The number of amides is 1. The number of imidazole rings is 1. The summed E-state index contributed by atoms with van der Waals surface area (Å²) in [5.41, 5.74) is 0.238. The minimum absolute atomic E-state index is 0.0456. The predicted molar refractivity (Wildman–Crippen MR) is 105 cm³/mol. The molecule has 10 heteroatoms. The number of fused-ring (bicyclic) bond motifs is 1. The third-order valence-corrected chi connectivity index (χ3v) is 4.71. The lowest BCUT2D eigenvalue weighted by Crippen LogP contribution is -2.42. The van der Waals surface area contributed by atoms with Crippen molar-refractivity contribution in [3.8, 4) is 0 Å². The number of carbonyl (C=O) groups is 2. The number of nitrogens with one attached hydrogen (secondary N) is 1. The van der Waals surface area contributed by atoms with Crippen molar-refractivity contribution in [3.05, 3.63) is 63.1 Å². The summed E-state index contributed by atoms with van der Waals surface area (Å²) in [7, 11) is 2.88. The molecule has 0 spiro atoms. The summed E-state index contributed by atoms with van der Waals surface area (Å²) in [4.78, 5) is 52.3. The molecule has 3 rings (SSSR count). The van der Waals surface area contributed by atoms with Gasteiger partial charge in [-0.2, -0.15) is 0 Å². The van der Waals surface area contributed by atoms with Crippen LogP contribution in [0.25, 0.3) is 11.2 Å². The van der Waals surface area contributed by atoms with Gasteiger partial charge in [0.05, 0.1) is 6.33 Å². The van der Waals surface area contributed by atoms with Gasteiger partial charge in [-0.15, -0.1) is 0 Å². The van der Waals surface area contributed by atoms with E-state index in [1.807, 2.05) is 6.07 Å². The number of nitrogens with zero attached hydrogens (tertiary/aromatic N) is 4. The van der Waals surface area contributed by atoms with Crippen LogP contribution in [0.2, 0.25) is 0 Å². The number of carboxylic acid groups (broad SMARTS) is 1. The van der Waals surface area contributed by atoms with Crippen LogP contribution < -0.4 is 16.6 Å². The van der Waals surface area contributed by atoms with Crippen molar-refractivity contribution in [1.29, 1.82) is 0 Å². The molecule has 0 bridgehead atoms. The lowest BCUT2D eigenvalue weighted by Gasteiger charge is -2.15. The number of hydrogen-bond acceptors (Lipinski definition) is 5. The van der Waals surface area contributed by atoms with Gasteiger partial charge in [-0.1, -0.05) is 30.3 Å². The maximum Gasteiger partial charge on any atom is 0.332 e. The monoisotopic (exact) mass is 399 g/mol. The molecule has 0 unspecified atom stereocenters. The number of benzene rings is 1. The van der Waals surface area contributed by atoms with Crippen LogP contribution in [-0.2, 0) is 36.6 Å². The summed E-state index contributed by atoms with van der Waals surface area (Å²) in [5, 5.41) is 11.9. The first-order valence-electron chi connectivity index (χ1n) is 8.96. The Balaban J connectivity index is 1.73. The van der Waals surface area contributed by atoms with E-state index in [0.717, 1.165) is 10.1 Å². The van der Waals surface area contributed by atoms with E-state index in [0.29, 0.717) is 0 Å². The average molecular weight is 399 g/mol. The third-order valence-electron chi connectivity index (χ3n) is 4.71. The molecule has 0 saturated heterocycles. The van der Waals surface area contributed by atoms with E-state index in [9.17, 15) is 24.3 Å². The Labute approximate surface area is 165 Å². The molecule has 29 heavy (non-hydrogen) atoms. The van der Waals surface area contributed by atoms with Gasteiger partial charge in [0.2, 0.25) is 5.91 Å². The summed E-state index contributed by atoms with van der Waals surface area (Å²) in [6, 6.07) is 7.95. The molecule has 0 fully saturated rings. The molecule has 0 aliphatic heterocycles. The first-order chi connectivity index (χ1) is 13.8. The normalized spacial score (nSPS) is 12.1. The Hall–Kier alpha value is -3.69. The van der Waals surface area contributed by atoms with Crippen molar-refractivity contribution in [2.24, 2.45) is 14.1 Å². The van der Waals surface area contributed by atoms with Gasteiger partial charge in [-0.25, -0.2) is 14.6 Å². The van der Waals surface area contributed by atoms with Crippen molar-refractivity contribution >= 4 is 23.0 Å². The van der Waals surface area contributed by atoms with Gasteiger partial charge in [0.1, 0.15) is 6.04 Å². The molecule has 0 radical (unpaired) electrons. The highest BCUT2D eigenvalue weighted by Crippen LogP contribution is 2.07. The Kier molecular flexibility index (Phi) is 5.62. The van der Waals surface area contributed by atoms with Crippen LogP contribution in [0.15, 0.2) is 46.2 Å². The van der Waals surface area contributed by atoms with Crippen molar-refractivity contribution in [1.82, 2.24) is 24.0 Å². The van der Waals surface area contributed by atoms with E-state index in [2.05, 4.69) is 10.3 Å². The molecule has 1 aromatic carbocycles. The molecule has 0 aliphatic rings. The summed E-state index contributed by atoms with van der Waals surface area (Å²) in [6.45, 7) is 0.119. The lowest BCUT2D eigenvalue weighted by atomic mass is 10.1. The number of aliphatic carboxylic acids is 1. The Morgan fingerprint density at radius 2 is 1.83 bits per heavy atom. The van der Waals surface area contributed by atoms with Crippen LogP contribution in [0.4, 0.5) is 0 Å². The summed E-state index contributed by atoms with van der Waals surface area (Å²) in [5.74, 6) is -1.59. The highest BCUT2D eigenvalue weighted by Gasteiger charge is 2.21. The summed E-state index contributed by atoms with van der Waals surface area (Å²) in [6.07, 6.45) is 1.51. The SMILES string of the molecule is Cn1c(=O)c2c(ncn2CCC(=O)N[C@H](Cc2ccccc2)C(=O)O)n(C)c1=O. The van der Waals surface area contributed by atoms with Crippen LogP contribution in [-0.4, -0.2) is 41.7 Å². The van der Waals surface area contributed by atoms with Gasteiger partial charge in [0.15, 0.2) is 11.2 Å². The molecular formula is C19H21N5O5. The van der Waals surface area contributed by atoms with Crippen LogP contribution in [0, 0.1) is 0 Å². The van der Waals surface area contributed by atoms with Crippen molar-refractivity contribution in [2.75, 3.05) is 0 Å². The molecule has 2 heterocycles. The van der Waals surface area contributed by atoms with Crippen LogP contribution in [0.3, 0.4) is 0 Å². The van der Waals surface area contributed by atoms with Crippen LogP contribution in [0.1, 0.15) is 12.0 Å². The number of hydrogen-bond donors (Lipinski definition) is 2. The van der Waals surface area contributed by atoms with Gasteiger partial charge < -0.3 is 15.0 Å². The Morgan fingerprint density at radius 1 is 1.14 bits per heavy atom. The molecule has 1 amide bonds. The maximum absolute atomic E-state index is 12.4. The van der Waals surface area contributed by atoms with Crippen LogP contribution in [0.5, 0.6) is 0 Å². The van der Waals surface area contributed by atoms with Crippen LogP contribution >= 0.6 is 0 Å². The summed E-state index contributed by atoms with van der Waals surface area (Å²) < 4.78 is 3.72. The first-order valence-corrected chi connectivity index (χ1v) is 8.96. The molecule has 1 atom stereocenters. The molecule has 2 N–H and O–H groups in total. The number of aromatic nitrogens is 4. The lowest BCUT2D eigenvalue weighted by molar-refractivity contribution is -0.141. The number of carbonyl (C=O) groups excluding carboxylic acids is 1. The second-order valence-electron chi connectivity index (χ2n) is 6.71. The highest BCUT2D eigenvalue weighted by molar-refractivity contribution is 5.83. The first kappa shape index (κ1) is 20.1. The average Bonchev–Trinajstić information content (AvgIpc) is 3.13. The van der Waals surface area contributed by atoms with Gasteiger partial charge in [-0.05, 0) is 5.56 Å². The molecule has 2 aromatic heterocycles. The second-order valence-corrected chi connectivity index (χ2v) is 6.71. The fourth-order valence-electron chi connectivity index (χ4n) is 3.10. The molecule has 152 valence electrons. The smallest absolute Gasteiger partial charge is 0.332 e. The zero-order chi connectivity index (χ0) is 21.1. The minimum atomic E-state index is -1.13. The molecule has 0 aliphatic carbocycles. The molecule has 0 saturated carbocycles. The number of aryl methyl sites for hydroxylation is 2. The molecule has 3 aromatic rings. The van der Waals surface area contributed by atoms with Gasteiger partial charge in [0, 0.05) is 33.5 Å². The van der Waals surface area contributed by atoms with Gasteiger partial charge >= 0.3 is 11.7 Å². The van der Waals surface area contributed by atoms with E-state index >= 15 is 0 Å². The fraction of sp³-hybridized carbons (Fsp3) is 0.316. The van der Waals surface area contributed by atoms with E-state index in [-0.39, 0.29) is 30.6 Å². The minimum Gasteiger partial charge on any atom is -0.480 e. The van der Waals surface area contributed by atoms with Gasteiger partial charge in [0.25, 0.3) is 5.56 Å². The molecule has 10 nitrogen and oxygen atoms in total. The quantitative estimate of drug-likeness (QED) is 0.558. The van der Waals surface area contributed by atoms with Crippen molar-refractivity contribution < 1.29 is 14.7 Å². The maximum atomic E-state index is 12.4. The zero-order valence-corrected chi connectivity index (χ0v) is 16.0. The Bertz CT molecular complexity index is 1180. The number of rotatable bonds is 7. The van der Waals surface area contributed by atoms with E-state index in [4.69, 9.17) is 0 Å². The van der Waals surface area contributed by atoms with Gasteiger partial charge in [-0.3, -0.25) is 18.7 Å². The predicted octanol–water partition coefficient (Wildman–Crippen LogP) is -0.364. The van der Waals surface area contributed by atoms with E-state index < -0.39 is 29.2 Å². The van der Waals surface area contributed by atoms with Crippen molar-refractivity contribution in [2.45, 2.75) is 25.4 Å².